The van der Waals surface area contributed by atoms with Crippen molar-refractivity contribution in [1.82, 2.24) is 10.4 Å². The van der Waals surface area contributed by atoms with Gasteiger partial charge >= 0.3 is 0 Å². The van der Waals surface area contributed by atoms with Gasteiger partial charge in [-0.1, -0.05) is 0 Å². The highest BCUT2D eigenvalue weighted by molar-refractivity contribution is 6.43. The van der Waals surface area contributed by atoms with Gasteiger partial charge < -0.3 is 5.32 Å². The number of pyridine rings is 1. The highest BCUT2D eigenvalue weighted by atomic mass is 16.2. The Morgan fingerprint density at radius 2 is 2.29 bits per heavy atom. The van der Waals surface area contributed by atoms with Crippen molar-refractivity contribution >= 4 is 23.2 Å². The first-order chi connectivity index (χ1) is 8.16. The number of amides is 2. The molecule has 2 amide bonds. The lowest BCUT2D eigenvalue weighted by atomic mass is 10.1. The van der Waals surface area contributed by atoms with Crippen LogP contribution in [0.1, 0.15) is 18.4 Å². The molecule has 0 atom stereocenters. The van der Waals surface area contributed by atoms with Crippen molar-refractivity contribution in [3.8, 4) is 0 Å². The van der Waals surface area contributed by atoms with Crippen molar-refractivity contribution in [2.45, 2.75) is 19.8 Å². The average Bonchev–Trinajstić information content (AvgIpc) is 2.33. The maximum Gasteiger partial charge on any atom is 0.271 e. The lowest BCUT2D eigenvalue weighted by Gasteiger charge is -2.12. The first kappa shape index (κ1) is 11.3. The monoisotopic (exact) mass is 232 g/mol. The van der Waals surface area contributed by atoms with E-state index in [1.165, 1.54) is 0 Å². The molecule has 0 unspecified atom stereocenters. The van der Waals surface area contributed by atoms with Crippen LogP contribution in [0.2, 0.25) is 0 Å². The molecule has 1 aliphatic heterocycles. The van der Waals surface area contributed by atoms with Gasteiger partial charge in [0, 0.05) is 19.0 Å². The molecule has 88 valence electrons. The molecule has 2 N–H and O–H groups in total. The largest absolute Gasteiger partial charge is 0.319 e. The van der Waals surface area contributed by atoms with Gasteiger partial charge in [0.2, 0.25) is 5.91 Å². The average molecular weight is 232 g/mol. The van der Waals surface area contributed by atoms with E-state index in [9.17, 15) is 9.59 Å². The number of hydrogen-bond donors (Lipinski definition) is 2. The molecule has 0 aromatic carbocycles. The zero-order chi connectivity index (χ0) is 12.3. The molecular weight excluding hydrogens is 220 g/mol. The van der Waals surface area contributed by atoms with Crippen molar-refractivity contribution < 1.29 is 9.59 Å². The zero-order valence-electron chi connectivity index (χ0n) is 9.36. The topological polar surface area (TPSA) is 83.4 Å². The highest BCUT2D eigenvalue weighted by Crippen LogP contribution is 2.12. The Morgan fingerprint density at radius 1 is 1.47 bits per heavy atom. The number of nitrogens with zero attached hydrogens (tertiary/aromatic N) is 2. The van der Waals surface area contributed by atoms with Gasteiger partial charge in [-0.05, 0) is 18.6 Å². The lowest BCUT2D eigenvalue weighted by molar-refractivity contribution is -0.121. The molecule has 1 aromatic heterocycles. The summed E-state index contributed by atoms with van der Waals surface area (Å²) in [5, 5.41) is 6.43. The standard InChI is InChI=1S/C11H12N4O2/c1-7-4-5-12-6-9(7)13-11(17)8-2-3-10(16)15-14-8/h4-6H,2-3H2,1H3,(H,13,17)(H,15,16). The second-order valence-electron chi connectivity index (χ2n) is 3.74. The summed E-state index contributed by atoms with van der Waals surface area (Å²) in [6.07, 6.45) is 3.88. The second-order valence-corrected chi connectivity index (χ2v) is 3.74. The van der Waals surface area contributed by atoms with Crippen molar-refractivity contribution in [2.24, 2.45) is 5.10 Å². The van der Waals surface area contributed by atoms with Crippen LogP contribution in [-0.2, 0) is 9.59 Å². The van der Waals surface area contributed by atoms with Crippen LogP contribution in [0.5, 0.6) is 0 Å². The summed E-state index contributed by atoms with van der Waals surface area (Å²) in [6.45, 7) is 1.88. The number of hydrazone groups is 1. The summed E-state index contributed by atoms with van der Waals surface area (Å²) in [4.78, 5) is 26.6. The molecule has 0 fully saturated rings. The Hall–Kier alpha value is -2.24. The van der Waals surface area contributed by atoms with Crippen LogP contribution < -0.4 is 10.7 Å². The van der Waals surface area contributed by atoms with Crippen molar-refractivity contribution in [1.29, 1.82) is 0 Å². The maximum absolute atomic E-state index is 11.8. The molecule has 6 heteroatoms. The van der Waals surface area contributed by atoms with Gasteiger partial charge in [0.25, 0.3) is 5.91 Å². The molecule has 0 saturated carbocycles. The summed E-state index contributed by atoms with van der Waals surface area (Å²) in [6, 6.07) is 1.81. The van der Waals surface area contributed by atoms with Crippen LogP contribution in [0, 0.1) is 6.92 Å². The fraction of sp³-hybridized carbons (Fsp3) is 0.273. The van der Waals surface area contributed by atoms with E-state index in [1.54, 1.807) is 18.5 Å². The molecule has 2 heterocycles. The van der Waals surface area contributed by atoms with E-state index < -0.39 is 0 Å². The van der Waals surface area contributed by atoms with E-state index in [1.807, 2.05) is 6.92 Å². The number of carbonyl (C=O) groups excluding carboxylic acids is 2. The molecule has 0 bridgehead atoms. The predicted octanol–water partition coefficient (Wildman–Crippen LogP) is 0.595. The third-order valence-corrected chi connectivity index (χ3v) is 2.45. The number of nitrogens with one attached hydrogen (secondary N) is 2. The smallest absolute Gasteiger partial charge is 0.271 e. The molecular formula is C11H12N4O2. The first-order valence-electron chi connectivity index (χ1n) is 5.24. The van der Waals surface area contributed by atoms with Gasteiger partial charge in [-0.2, -0.15) is 5.10 Å². The van der Waals surface area contributed by atoms with Gasteiger partial charge in [0.1, 0.15) is 5.71 Å². The fourth-order valence-electron chi connectivity index (χ4n) is 1.43. The number of anilines is 1. The minimum atomic E-state index is -0.305. The predicted molar refractivity (Wildman–Crippen MR) is 62.4 cm³/mol. The van der Waals surface area contributed by atoms with Gasteiger partial charge in [0.05, 0.1) is 11.9 Å². The minimum absolute atomic E-state index is 0.167. The van der Waals surface area contributed by atoms with Gasteiger partial charge in [-0.3, -0.25) is 14.6 Å². The lowest BCUT2D eigenvalue weighted by Crippen LogP contribution is -2.32. The quantitative estimate of drug-likeness (QED) is 0.783. The maximum atomic E-state index is 11.8. The number of rotatable bonds is 2. The Balaban J connectivity index is 2.07. The molecule has 0 spiro atoms. The molecule has 1 aliphatic rings. The molecule has 0 aliphatic carbocycles. The third-order valence-electron chi connectivity index (χ3n) is 2.45. The molecule has 17 heavy (non-hydrogen) atoms. The Morgan fingerprint density at radius 3 is 2.94 bits per heavy atom. The van der Waals surface area contributed by atoms with Crippen molar-refractivity contribution in [2.75, 3.05) is 5.32 Å². The van der Waals surface area contributed by atoms with E-state index in [4.69, 9.17) is 0 Å². The van der Waals surface area contributed by atoms with Gasteiger partial charge in [-0.25, -0.2) is 5.43 Å². The fourth-order valence-corrected chi connectivity index (χ4v) is 1.43. The Kier molecular flexibility index (Phi) is 3.13. The molecule has 0 saturated heterocycles. The van der Waals surface area contributed by atoms with Crippen LogP contribution >= 0.6 is 0 Å². The van der Waals surface area contributed by atoms with E-state index in [0.717, 1.165) is 5.56 Å². The van der Waals surface area contributed by atoms with Crippen molar-refractivity contribution in [3.63, 3.8) is 0 Å². The minimum Gasteiger partial charge on any atom is -0.319 e. The van der Waals surface area contributed by atoms with Crippen LogP contribution in [0.4, 0.5) is 5.69 Å². The summed E-state index contributed by atoms with van der Waals surface area (Å²) in [5.74, 6) is -0.472. The number of aryl methyl sites for hydroxylation is 1. The van der Waals surface area contributed by atoms with Crippen LogP contribution in [0.3, 0.4) is 0 Å². The Bertz CT molecular complexity index is 496. The molecule has 6 nitrogen and oxygen atoms in total. The van der Waals surface area contributed by atoms with Crippen LogP contribution in [0.15, 0.2) is 23.6 Å². The summed E-state index contributed by atoms with van der Waals surface area (Å²) in [7, 11) is 0. The van der Waals surface area contributed by atoms with Crippen molar-refractivity contribution in [3.05, 3.63) is 24.0 Å². The van der Waals surface area contributed by atoms with Crippen LogP contribution in [0.25, 0.3) is 0 Å². The van der Waals surface area contributed by atoms with E-state index in [2.05, 4.69) is 20.8 Å². The molecule has 0 radical (unpaired) electrons. The Labute approximate surface area is 98.1 Å². The zero-order valence-corrected chi connectivity index (χ0v) is 9.36. The second kappa shape index (κ2) is 4.73. The summed E-state index contributed by atoms with van der Waals surface area (Å²) >= 11 is 0. The summed E-state index contributed by atoms with van der Waals surface area (Å²) < 4.78 is 0. The van der Waals surface area contributed by atoms with E-state index in [0.29, 0.717) is 17.8 Å². The van der Waals surface area contributed by atoms with E-state index in [-0.39, 0.29) is 18.2 Å². The number of aromatic nitrogens is 1. The number of hydrogen-bond acceptors (Lipinski definition) is 4. The van der Waals surface area contributed by atoms with Gasteiger partial charge in [-0.15, -0.1) is 0 Å². The van der Waals surface area contributed by atoms with E-state index >= 15 is 0 Å². The summed E-state index contributed by atoms with van der Waals surface area (Å²) in [5.41, 5.74) is 4.19. The van der Waals surface area contributed by atoms with Crippen LogP contribution in [-0.4, -0.2) is 22.5 Å². The molecule has 1 aromatic rings. The number of carbonyl (C=O) groups is 2. The normalized spacial score (nSPS) is 14.9. The third kappa shape index (κ3) is 2.66. The highest BCUT2D eigenvalue weighted by Gasteiger charge is 2.18. The molecule has 2 rings (SSSR count). The SMILES string of the molecule is Cc1ccncc1NC(=O)C1=NNC(=O)CC1. The van der Waals surface area contributed by atoms with Gasteiger partial charge in [0.15, 0.2) is 0 Å². The first-order valence-corrected chi connectivity index (χ1v) is 5.24.